The molecule has 1 unspecified atom stereocenters. The molecule has 0 saturated carbocycles. The van der Waals surface area contributed by atoms with Crippen LogP contribution in [0, 0.1) is 0 Å². The third-order valence-electron chi connectivity index (χ3n) is 3.30. The highest BCUT2D eigenvalue weighted by molar-refractivity contribution is 5.96. The van der Waals surface area contributed by atoms with Crippen LogP contribution in [0.25, 0.3) is 0 Å². The topological polar surface area (TPSA) is 32.3 Å². The summed E-state index contributed by atoms with van der Waals surface area (Å²) >= 11 is 0. The average Bonchev–Trinajstić information content (AvgIpc) is 2.35. The van der Waals surface area contributed by atoms with Gasteiger partial charge in [0.15, 0.2) is 0 Å². The van der Waals surface area contributed by atoms with E-state index in [-0.39, 0.29) is 11.9 Å². The Kier molecular flexibility index (Phi) is 3.82. The molecule has 1 heterocycles. The van der Waals surface area contributed by atoms with Crippen LogP contribution >= 0.6 is 0 Å². The van der Waals surface area contributed by atoms with Crippen LogP contribution in [0.4, 0.5) is 5.69 Å². The van der Waals surface area contributed by atoms with Crippen LogP contribution in [-0.4, -0.2) is 19.5 Å². The molecule has 3 nitrogen and oxygen atoms in total. The summed E-state index contributed by atoms with van der Waals surface area (Å²) in [5.74, 6) is 0.170. The lowest BCUT2D eigenvalue weighted by Gasteiger charge is -2.32. The zero-order valence-corrected chi connectivity index (χ0v) is 11.2. The Hall–Kier alpha value is -1.61. The van der Waals surface area contributed by atoms with Crippen LogP contribution in [0.5, 0.6) is 0 Å². The van der Waals surface area contributed by atoms with Crippen LogP contribution < -0.4 is 10.2 Å². The van der Waals surface area contributed by atoms with Crippen molar-refractivity contribution < 1.29 is 4.79 Å². The molecule has 0 spiro atoms. The average molecular weight is 244 g/mol. The fraction of sp³-hybridized carbons (Fsp3) is 0.400. The third kappa shape index (κ3) is 2.62. The molecule has 1 aromatic rings. The zero-order valence-electron chi connectivity index (χ0n) is 11.2. The summed E-state index contributed by atoms with van der Waals surface area (Å²) in [7, 11) is 1.84. The Morgan fingerprint density at radius 3 is 2.89 bits per heavy atom. The van der Waals surface area contributed by atoms with Crippen molar-refractivity contribution in [3.05, 3.63) is 41.5 Å². The van der Waals surface area contributed by atoms with Crippen LogP contribution in [0.15, 0.2) is 35.9 Å². The summed E-state index contributed by atoms with van der Waals surface area (Å²) < 4.78 is 0. The van der Waals surface area contributed by atoms with Gasteiger partial charge in [-0.1, -0.05) is 29.8 Å². The first kappa shape index (κ1) is 12.8. The summed E-state index contributed by atoms with van der Waals surface area (Å²) in [6, 6.07) is 8.22. The van der Waals surface area contributed by atoms with E-state index in [1.54, 1.807) is 4.90 Å². The maximum Gasteiger partial charge on any atom is 0.228 e. The van der Waals surface area contributed by atoms with Gasteiger partial charge in [0.25, 0.3) is 0 Å². The van der Waals surface area contributed by atoms with E-state index in [2.05, 4.69) is 31.3 Å². The Labute approximate surface area is 108 Å². The van der Waals surface area contributed by atoms with E-state index in [4.69, 9.17) is 0 Å². The number of carbonyl (C=O) groups is 1. The number of allylic oxidation sites excluding steroid dienone is 1. The molecular weight excluding hydrogens is 224 g/mol. The van der Waals surface area contributed by atoms with Crippen LogP contribution in [0.2, 0.25) is 0 Å². The molecule has 1 aromatic carbocycles. The number of benzene rings is 1. The lowest BCUT2D eigenvalue weighted by molar-refractivity contribution is -0.119. The van der Waals surface area contributed by atoms with Gasteiger partial charge in [-0.25, -0.2) is 0 Å². The maximum absolute atomic E-state index is 11.9. The van der Waals surface area contributed by atoms with Gasteiger partial charge in [-0.15, -0.1) is 0 Å². The second-order valence-electron chi connectivity index (χ2n) is 4.96. The molecule has 0 fully saturated rings. The number of fused-ring (bicyclic) bond motifs is 1. The minimum atomic E-state index is 0.125. The van der Waals surface area contributed by atoms with E-state index in [0.29, 0.717) is 6.42 Å². The van der Waals surface area contributed by atoms with Crippen molar-refractivity contribution >= 4 is 11.6 Å². The van der Waals surface area contributed by atoms with Gasteiger partial charge in [-0.3, -0.25) is 4.79 Å². The van der Waals surface area contributed by atoms with Crippen molar-refractivity contribution in [2.45, 2.75) is 26.3 Å². The van der Waals surface area contributed by atoms with Crippen molar-refractivity contribution in [3.63, 3.8) is 0 Å². The summed E-state index contributed by atoms with van der Waals surface area (Å²) in [4.78, 5) is 13.7. The summed E-state index contributed by atoms with van der Waals surface area (Å²) in [5.41, 5.74) is 3.51. The predicted molar refractivity (Wildman–Crippen MR) is 74.6 cm³/mol. The van der Waals surface area contributed by atoms with E-state index in [9.17, 15) is 4.79 Å². The number of nitrogens with zero attached hydrogens (tertiary/aromatic N) is 1. The largest absolute Gasteiger partial charge is 0.315 e. The highest BCUT2D eigenvalue weighted by atomic mass is 16.2. The Balaban J connectivity index is 2.20. The summed E-state index contributed by atoms with van der Waals surface area (Å²) in [5, 5.41) is 3.44. The Morgan fingerprint density at radius 1 is 1.44 bits per heavy atom. The monoisotopic (exact) mass is 244 g/mol. The molecule has 0 saturated heterocycles. The molecule has 0 aromatic heterocycles. The van der Waals surface area contributed by atoms with E-state index in [1.807, 2.05) is 25.2 Å². The Morgan fingerprint density at radius 2 is 2.17 bits per heavy atom. The first-order valence-electron chi connectivity index (χ1n) is 6.32. The van der Waals surface area contributed by atoms with Crippen molar-refractivity contribution in [1.29, 1.82) is 0 Å². The first-order valence-corrected chi connectivity index (χ1v) is 6.32. The second kappa shape index (κ2) is 5.36. The van der Waals surface area contributed by atoms with Crippen molar-refractivity contribution in [3.8, 4) is 0 Å². The third-order valence-corrected chi connectivity index (χ3v) is 3.30. The number of carbonyl (C=O) groups excluding carboxylic acids is 1. The van der Waals surface area contributed by atoms with Gasteiger partial charge in [0, 0.05) is 31.7 Å². The molecule has 1 aliphatic heterocycles. The normalized spacial score (nSPS) is 18.5. The molecule has 0 bridgehead atoms. The van der Waals surface area contributed by atoms with Crippen molar-refractivity contribution in [2.75, 3.05) is 18.5 Å². The quantitative estimate of drug-likeness (QED) is 0.829. The lowest BCUT2D eigenvalue weighted by atomic mass is 9.96. The number of hydrogen-bond acceptors (Lipinski definition) is 2. The number of anilines is 1. The number of hydrogen-bond donors (Lipinski definition) is 1. The molecule has 1 N–H and O–H groups in total. The van der Waals surface area contributed by atoms with Crippen LogP contribution in [0.1, 0.15) is 31.9 Å². The van der Waals surface area contributed by atoms with E-state index in [1.165, 1.54) is 11.1 Å². The standard InChI is InChI=1S/C15H20N2O/c1-11(2)8-9-16-13-10-15(18)17(3)14-7-5-4-6-12(13)14/h4-8,13,16H,9-10H2,1-3H3. The number of para-hydroxylation sites is 1. The lowest BCUT2D eigenvalue weighted by Crippen LogP contribution is -2.37. The molecule has 2 rings (SSSR count). The fourth-order valence-electron chi connectivity index (χ4n) is 2.23. The van der Waals surface area contributed by atoms with Gasteiger partial charge in [0.05, 0.1) is 0 Å². The van der Waals surface area contributed by atoms with E-state index < -0.39 is 0 Å². The molecule has 0 aliphatic carbocycles. The number of nitrogens with one attached hydrogen (secondary N) is 1. The Bertz CT molecular complexity index is 475. The molecular formula is C15H20N2O. The van der Waals surface area contributed by atoms with Gasteiger partial charge in [-0.2, -0.15) is 0 Å². The predicted octanol–water partition coefficient (Wildman–Crippen LogP) is 2.65. The SMILES string of the molecule is CC(C)=CCNC1CC(=O)N(C)c2ccccc21. The first-order chi connectivity index (χ1) is 8.59. The van der Waals surface area contributed by atoms with Gasteiger partial charge in [0.1, 0.15) is 0 Å². The molecule has 3 heteroatoms. The fourth-order valence-corrected chi connectivity index (χ4v) is 2.23. The minimum absolute atomic E-state index is 0.125. The summed E-state index contributed by atoms with van der Waals surface area (Å²) in [6.45, 7) is 4.96. The highest BCUT2D eigenvalue weighted by Crippen LogP contribution is 2.33. The molecule has 1 aliphatic rings. The molecule has 0 radical (unpaired) electrons. The smallest absolute Gasteiger partial charge is 0.228 e. The van der Waals surface area contributed by atoms with Crippen molar-refractivity contribution in [2.24, 2.45) is 0 Å². The van der Waals surface area contributed by atoms with Crippen LogP contribution in [-0.2, 0) is 4.79 Å². The van der Waals surface area contributed by atoms with Gasteiger partial charge in [-0.05, 0) is 25.5 Å². The van der Waals surface area contributed by atoms with E-state index in [0.717, 1.165) is 12.2 Å². The highest BCUT2D eigenvalue weighted by Gasteiger charge is 2.27. The molecule has 1 atom stereocenters. The zero-order chi connectivity index (χ0) is 13.1. The minimum Gasteiger partial charge on any atom is -0.315 e. The summed E-state index contributed by atoms with van der Waals surface area (Å²) in [6.07, 6.45) is 2.68. The molecule has 96 valence electrons. The van der Waals surface area contributed by atoms with E-state index >= 15 is 0 Å². The van der Waals surface area contributed by atoms with Crippen LogP contribution in [0.3, 0.4) is 0 Å². The maximum atomic E-state index is 11.9. The number of amides is 1. The molecule has 1 amide bonds. The van der Waals surface area contributed by atoms with Crippen molar-refractivity contribution in [1.82, 2.24) is 5.32 Å². The molecule has 18 heavy (non-hydrogen) atoms. The van der Waals surface area contributed by atoms with Gasteiger partial charge in [0.2, 0.25) is 5.91 Å². The second-order valence-corrected chi connectivity index (χ2v) is 4.96. The van der Waals surface area contributed by atoms with Gasteiger partial charge < -0.3 is 10.2 Å². The number of rotatable bonds is 3. The van der Waals surface area contributed by atoms with Gasteiger partial charge >= 0.3 is 0 Å².